The lowest BCUT2D eigenvalue weighted by molar-refractivity contribution is 0.135. The molecule has 6 N–H and O–H groups in total. The molecular formula is C27H27F2N9O2. The summed E-state index contributed by atoms with van der Waals surface area (Å²) in [6.07, 6.45) is 0.281. The van der Waals surface area contributed by atoms with Crippen LogP contribution < -0.4 is 17.2 Å². The van der Waals surface area contributed by atoms with Crippen LogP contribution in [0, 0.1) is 18.6 Å². The molecule has 0 saturated heterocycles. The number of hydrogen-bond donors (Lipinski definition) is 3. The standard InChI is InChI=1S/C27H27F2N9O2/c1-15-7-6-9-19(34-15)14-37(27(39)40-3)24(25(30)31)26(32)35-16(2)38-22-12-18(28)13-33-23(22)21(36-38)11-17-8-4-5-10-20(17)29/h4-10,12-13H,2,11,14,30-31H2,1,3H3,(H2,32,35). The fourth-order valence-corrected chi connectivity index (χ4v) is 4.05. The van der Waals surface area contributed by atoms with E-state index in [1.165, 1.54) is 23.9 Å². The van der Waals surface area contributed by atoms with E-state index in [0.717, 1.165) is 16.8 Å². The highest BCUT2D eigenvalue weighted by molar-refractivity contribution is 6.01. The third-order valence-corrected chi connectivity index (χ3v) is 5.81. The topological polar surface area (TPSA) is 164 Å². The number of hydrogen-bond acceptors (Lipinski definition) is 8. The number of aromatic nitrogens is 4. The van der Waals surface area contributed by atoms with E-state index in [4.69, 9.17) is 21.9 Å². The number of rotatable bonds is 8. The predicted octanol–water partition coefficient (Wildman–Crippen LogP) is 3.14. The number of halogens is 2. The van der Waals surface area contributed by atoms with Crippen LogP contribution in [-0.2, 0) is 17.7 Å². The Kier molecular flexibility index (Phi) is 8.03. The Morgan fingerprint density at radius 1 is 1.15 bits per heavy atom. The van der Waals surface area contributed by atoms with Crippen LogP contribution in [0.5, 0.6) is 0 Å². The maximum absolute atomic E-state index is 14.3. The molecule has 4 rings (SSSR count). The first-order valence-electron chi connectivity index (χ1n) is 11.9. The van der Waals surface area contributed by atoms with Gasteiger partial charge in [-0.2, -0.15) is 5.10 Å². The van der Waals surface area contributed by atoms with Gasteiger partial charge in [0.1, 0.15) is 34.5 Å². The van der Waals surface area contributed by atoms with Crippen molar-refractivity contribution >= 4 is 28.8 Å². The largest absolute Gasteiger partial charge is 0.452 e. The number of ether oxygens (including phenoxy) is 1. The van der Waals surface area contributed by atoms with Gasteiger partial charge in [0.15, 0.2) is 5.84 Å². The summed E-state index contributed by atoms with van der Waals surface area (Å²) in [5, 5.41) is 4.46. The molecule has 206 valence electrons. The second-order valence-corrected chi connectivity index (χ2v) is 8.69. The number of pyridine rings is 2. The minimum absolute atomic E-state index is 0.0712. The van der Waals surface area contributed by atoms with Crippen molar-refractivity contribution in [1.82, 2.24) is 24.6 Å². The molecule has 0 aliphatic rings. The first-order chi connectivity index (χ1) is 19.1. The van der Waals surface area contributed by atoms with Crippen LogP contribution in [0.15, 0.2) is 77.8 Å². The van der Waals surface area contributed by atoms with E-state index in [1.807, 2.05) is 0 Å². The Bertz CT molecular complexity index is 1660. The summed E-state index contributed by atoms with van der Waals surface area (Å²) in [4.78, 5) is 26.6. The first-order valence-corrected chi connectivity index (χ1v) is 11.9. The lowest BCUT2D eigenvalue weighted by Gasteiger charge is -2.24. The fraction of sp³-hybridized carbons (Fsp3) is 0.148. The number of amidine groups is 1. The number of methoxy groups -OCH3 is 1. The Balaban J connectivity index is 1.74. The van der Waals surface area contributed by atoms with Gasteiger partial charge in [0.2, 0.25) is 0 Å². The monoisotopic (exact) mass is 547 g/mol. The molecule has 11 nitrogen and oxygen atoms in total. The van der Waals surface area contributed by atoms with Crippen LogP contribution in [0.3, 0.4) is 0 Å². The molecule has 0 aliphatic heterocycles. The molecule has 1 aromatic carbocycles. The number of fused-ring (bicyclic) bond motifs is 1. The Morgan fingerprint density at radius 2 is 1.90 bits per heavy atom. The highest BCUT2D eigenvalue weighted by Gasteiger charge is 2.26. The zero-order chi connectivity index (χ0) is 29.0. The van der Waals surface area contributed by atoms with Crippen molar-refractivity contribution < 1.29 is 18.3 Å². The van der Waals surface area contributed by atoms with Crippen LogP contribution in [0.4, 0.5) is 13.6 Å². The van der Waals surface area contributed by atoms with Crippen LogP contribution in [0.25, 0.3) is 16.9 Å². The molecule has 3 heterocycles. The van der Waals surface area contributed by atoms with Gasteiger partial charge in [-0.05, 0) is 30.7 Å². The lowest BCUT2D eigenvalue weighted by Crippen LogP contribution is -2.40. The number of nitrogens with two attached hydrogens (primary N) is 3. The molecular weight excluding hydrogens is 520 g/mol. The number of carbonyl (C=O) groups is 1. The van der Waals surface area contributed by atoms with Gasteiger partial charge in [-0.3, -0.25) is 9.88 Å². The maximum Gasteiger partial charge on any atom is 0.414 e. The maximum atomic E-state index is 14.3. The molecule has 3 aromatic heterocycles. The molecule has 0 atom stereocenters. The summed E-state index contributed by atoms with van der Waals surface area (Å²) in [5.41, 5.74) is 20.5. The van der Waals surface area contributed by atoms with Gasteiger partial charge in [0.05, 0.1) is 36.8 Å². The highest BCUT2D eigenvalue weighted by atomic mass is 19.1. The van der Waals surface area contributed by atoms with Gasteiger partial charge >= 0.3 is 6.09 Å². The van der Waals surface area contributed by atoms with E-state index in [0.29, 0.717) is 22.5 Å². The average molecular weight is 548 g/mol. The van der Waals surface area contributed by atoms with E-state index >= 15 is 0 Å². The minimum atomic E-state index is -0.821. The smallest absolute Gasteiger partial charge is 0.414 e. The Labute approximate surface area is 228 Å². The zero-order valence-corrected chi connectivity index (χ0v) is 21.8. The van der Waals surface area contributed by atoms with Crippen molar-refractivity contribution in [2.75, 3.05) is 7.11 Å². The second kappa shape index (κ2) is 11.6. The van der Waals surface area contributed by atoms with E-state index < -0.39 is 17.7 Å². The minimum Gasteiger partial charge on any atom is -0.452 e. The van der Waals surface area contributed by atoms with Crippen LogP contribution in [0.2, 0.25) is 0 Å². The molecule has 0 spiro atoms. The molecule has 13 heteroatoms. The fourth-order valence-electron chi connectivity index (χ4n) is 4.05. The molecule has 0 fully saturated rings. The van der Waals surface area contributed by atoms with Gasteiger partial charge in [0, 0.05) is 18.2 Å². The molecule has 0 aliphatic carbocycles. The molecule has 0 unspecified atom stereocenters. The van der Waals surface area contributed by atoms with Gasteiger partial charge in [-0.25, -0.2) is 28.2 Å². The van der Waals surface area contributed by atoms with Gasteiger partial charge in [-0.1, -0.05) is 30.8 Å². The Hall–Kier alpha value is -5.33. The van der Waals surface area contributed by atoms with Crippen molar-refractivity contribution in [2.45, 2.75) is 19.9 Å². The van der Waals surface area contributed by atoms with Gasteiger partial charge < -0.3 is 21.9 Å². The van der Waals surface area contributed by atoms with E-state index in [1.54, 1.807) is 43.3 Å². The highest BCUT2D eigenvalue weighted by Crippen LogP contribution is 2.24. The summed E-state index contributed by atoms with van der Waals surface area (Å²) in [6, 6.07) is 12.7. The normalized spacial score (nSPS) is 11.3. The summed E-state index contributed by atoms with van der Waals surface area (Å²) < 4.78 is 34.7. The van der Waals surface area contributed by atoms with Crippen LogP contribution in [0.1, 0.15) is 22.6 Å². The number of aliphatic imine (C=N–C) groups is 1. The number of nitrogens with zero attached hydrogens (tertiary/aromatic N) is 6. The zero-order valence-electron chi connectivity index (χ0n) is 21.8. The van der Waals surface area contributed by atoms with Crippen molar-refractivity contribution in [2.24, 2.45) is 22.2 Å². The molecule has 1 amide bonds. The molecule has 0 saturated carbocycles. The predicted molar refractivity (Wildman–Crippen MR) is 146 cm³/mol. The summed E-state index contributed by atoms with van der Waals surface area (Å²) in [5.74, 6) is -1.76. The molecule has 0 bridgehead atoms. The van der Waals surface area contributed by atoms with Crippen LogP contribution in [-0.4, -0.2) is 43.7 Å². The third kappa shape index (κ3) is 5.88. The number of benzene rings is 1. The summed E-state index contributed by atoms with van der Waals surface area (Å²) >= 11 is 0. The lowest BCUT2D eigenvalue weighted by atomic mass is 10.1. The Morgan fingerprint density at radius 3 is 2.58 bits per heavy atom. The first kappa shape index (κ1) is 27.7. The third-order valence-electron chi connectivity index (χ3n) is 5.81. The van der Waals surface area contributed by atoms with Crippen molar-refractivity contribution in [3.8, 4) is 0 Å². The number of carbonyl (C=O) groups excluding carboxylic acids is 1. The van der Waals surface area contributed by atoms with E-state index in [-0.39, 0.29) is 41.7 Å². The SMILES string of the molecule is C=C(/N=C(/N)C(=C(N)N)N(Cc1cccc(C)n1)C(=O)OC)n1nc(Cc2ccccc2F)c2ncc(F)cc21. The van der Waals surface area contributed by atoms with Gasteiger partial charge in [-0.15, -0.1) is 0 Å². The van der Waals surface area contributed by atoms with E-state index in [2.05, 4.69) is 26.6 Å². The van der Waals surface area contributed by atoms with Gasteiger partial charge in [0.25, 0.3) is 0 Å². The van der Waals surface area contributed by atoms with E-state index in [9.17, 15) is 13.6 Å². The second-order valence-electron chi connectivity index (χ2n) is 8.69. The van der Waals surface area contributed by atoms with Crippen LogP contribution >= 0.6 is 0 Å². The average Bonchev–Trinajstić information content (AvgIpc) is 3.26. The summed E-state index contributed by atoms with van der Waals surface area (Å²) in [6.45, 7) is 5.61. The molecule has 4 aromatic rings. The summed E-state index contributed by atoms with van der Waals surface area (Å²) in [7, 11) is 1.18. The molecule has 0 radical (unpaired) electrons. The van der Waals surface area contributed by atoms with Crippen molar-refractivity contribution in [3.05, 3.63) is 107 Å². The number of aryl methyl sites for hydroxylation is 1. The quantitative estimate of drug-likeness (QED) is 0.224. The van der Waals surface area contributed by atoms with Crippen molar-refractivity contribution in [1.29, 1.82) is 0 Å². The van der Waals surface area contributed by atoms with Crippen molar-refractivity contribution in [3.63, 3.8) is 0 Å². The number of amides is 1. The molecule has 40 heavy (non-hydrogen) atoms.